The van der Waals surface area contributed by atoms with E-state index in [9.17, 15) is 14.4 Å². The lowest BCUT2D eigenvalue weighted by Gasteiger charge is -2.23. The number of carbonyl (C=O) groups is 1. The van der Waals surface area contributed by atoms with Crippen molar-refractivity contribution in [2.24, 2.45) is 0 Å². The molecule has 0 saturated carbocycles. The minimum atomic E-state index is -0.934. The Morgan fingerprint density at radius 1 is 1.09 bits per heavy atom. The van der Waals surface area contributed by atoms with E-state index in [1.807, 2.05) is 0 Å². The van der Waals surface area contributed by atoms with Gasteiger partial charge >= 0.3 is 17.3 Å². The van der Waals surface area contributed by atoms with E-state index in [4.69, 9.17) is 4.74 Å². The van der Waals surface area contributed by atoms with Crippen molar-refractivity contribution in [1.29, 1.82) is 0 Å². The number of ether oxygens (including phenoxy) is 1. The van der Waals surface area contributed by atoms with Crippen molar-refractivity contribution >= 4 is 5.97 Å². The molecule has 1 aromatic carbocycles. The van der Waals surface area contributed by atoms with E-state index in [1.165, 1.54) is 4.68 Å². The summed E-state index contributed by atoms with van der Waals surface area (Å²) in [6.07, 6.45) is 3.32. The van der Waals surface area contributed by atoms with Gasteiger partial charge in [-0.1, -0.05) is 30.4 Å². The number of carbonyl (C=O) groups excluding carboxylic acids is 1. The van der Waals surface area contributed by atoms with Crippen LogP contribution in [-0.4, -0.2) is 26.5 Å². The third kappa shape index (κ3) is 2.34. The molecule has 2 heterocycles. The van der Waals surface area contributed by atoms with Crippen LogP contribution in [0, 0.1) is 0 Å². The zero-order valence-corrected chi connectivity index (χ0v) is 12.9. The van der Waals surface area contributed by atoms with Crippen molar-refractivity contribution < 1.29 is 9.53 Å². The smallest absolute Gasteiger partial charge is 0.352 e. The Hall–Kier alpha value is -2.83. The minimum Gasteiger partial charge on any atom is -0.464 e. The van der Waals surface area contributed by atoms with Crippen LogP contribution in [0.5, 0.6) is 0 Å². The van der Waals surface area contributed by atoms with E-state index in [-0.39, 0.29) is 12.6 Å². The van der Waals surface area contributed by atoms with Crippen molar-refractivity contribution in [3.8, 4) is 5.69 Å². The Kier molecular flexibility index (Phi) is 3.77. The first-order valence-corrected chi connectivity index (χ1v) is 7.42. The first kappa shape index (κ1) is 15.1. The summed E-state index contributed by atoms with van der Waals surface area (Å²) in [6.45, 7) is 3.68. The van der Waals surface area contributed by atoms with Crippen LogP contribution in [0.1, 0.15) is 25.9 Å². The molecule has 1 aliphatic rings. The Morgan fingerprint density at radius 2 is 1.74 bits per heavy atom. The molecule has 0 bridgehead atoms. The fraction of sp³-hybridized carbons (Fsp3) is 0.312. The fourth-order valence-electron chi connectivity index (χ4n) is 2.73. The summed E-state index contributed by atoms with van der Waals surface area (Å²) >= 11 is 0. The summed E-state index contributed by atoms with van der Waals surface area (Å²) in [5, 5.41) is 0. The van der Waals surface area contributed by atoms with Gasteiger partial charge in [-0.2, -0.15) is 0 Å². The van der Waals surface area contributed by atoms with E-state index >= 15 is 0 Å². The lowest BCUT2D eigenvalue weighted by atomic mass is 10.2. The van der Waals surface area contributed by atoms with Gasteiger partial charge in [-0.25, -0.2) is 28.3 Å². The van der Waals surface area contributed by atoms with Gasteiger partial charge in [0, 0.05) is 0 Å². The summed E-state index contributed by atoms with van der Waals surface area (Å²) in [7, 11) is 0. The minimum absolute atomic E-state index is 0.205. The molecule has 0 radical (unpaired) electrons. The van der Waals surface area contributed by atoms with Crippen LogP contribution in [0.25, 0.3) is 5.69 Å². The van der Waals surface area contributed by atoms with Crippen molar-refractivity contribution in [1.82, 2.24) is 13.9 Å². The number of para-hydroxylation sites is 1. The van der Waals surface area contributed by atoms with Gasteiger partial charge < -0.3 is 4.74 Å². The van der Waals surface area contributed by atoms with Gasteiger partial charge in [-0.15, -0.1) is 0 Å². The molecule has 0 fully saturated rings. The predicted octanol–water partition coefficient (Wildman–Crippen LogP) is 1.04. The molecular weight excluding hydrogens is 298 g/mol. The molecule has 3 rings (SSSR count). The lowest BCUT2D eigenvalue weighted by molar-refractivity contribution is -0.146. The highest BCUT2D eigenvalue weighted by atomic mass is 16.5. The number of esters is 1. The molecule has 0 saturated heterocycles. The summed E-state index contributed by atoms with van der Waals surface area (Å²) in [5.74, 6) is -0.559. The molecule has 23 heavy (non-hydrogen) atoms. The number of allylic oxidation sites excluding steroid dienone is 1. The Bertz CT molecular complexity index is 873. The molecule has 0 spiro atoms. The van der Waals surface area contributed by atoms with Crippen LogP contribution in [0.15, 0.2) is 52.1 Å². The van der Waals surface area contributed by atoms with Crippen molar-refractivity contribution in [3.63, 3.8) is 0 Å². The van der Waals surface area contributed by atoms with Crippen LogP contribution in [-0.2, 0) is 9.53 Å². The Balaban J connectivity index is 2.23. The van der Waals surface area contributed by atoms with Gasteiger partial charge in [-0.05, 0) is 26.0 Å². The molecule has 1 aliphatic heterocycles. The lowest BCUT2D eigenvalue weighted by Crippen LogP contribution is -2.38. The number of nitrogens with zero attached hydrogens (tertiary/aromatic N) is 3. The second-order valence-electron chi connectivity index (χ2n) is 5.25. The van der Waals surface area contributed by atoms with Crippen LogP contribution in [0.4, 0.5) is 0 Å². The highest BCUT2D eigenvalue weighted by Gasteiger charge is 2.32. The molecule has 0 amide bonds. The maximum Gasteiger partial charge on any atom is 0.352 e. The molecule has 7 heteroatoms. The second kappa shape index (κ2) is 5.75. The topological polar surface area (TPSA) is 75.2 Å². The molecule has 1 aromatic heterocycles. The fourth-order valence-corrected chi connectivity index (χ4v) is 2.73. The summed E-state index contributed by atoms with van der Waals surface area (Å²) < 4.78 is 8.53. The van der Waals surface area contributed by atoms with Gasteiger partial charge in [0.2, 0.25) is 0 Å². The number of aromatic nitrogens is 3. The van der Waals surface area contributed by atoms with E-state index in [0.717, 1.165) is 9.25 Å². The second-order valence-corrected chi connectivity index (χ2v) is 5.25. The van der Waals surface area contributed by atoms with Crippen LogP contribution < -0.4 is 11.4 Å². The van der Waals surface area contributed by atoms with Gasteiger partial charge in [0.05, 0.1) is 18.3 Å². The average Bonchev–Trinajstić information content (AvgIpc) is 2.81. The molecule has 0 aliphatic carbocycles. The zero-order valence-electron chi connectivity index (χ0n) is 12.9. The highest BCUT2D eigenvalue weighted by molar-refractivity contribution is 5.76. The number of fused-ring (bicyclic) bond motifs is 1. The Morgan fingerprint density at radius 3 is 2.39 bits per heavy atom. The maximum absolute atomic E-state index is 12.8. The van der Waals surface area contributed by atoms with Crippen molar-refractivity contribution in [2.45, 2.75) is 25.9 Å². The highest BCUT2D eigenvalue weighted by Crippen LogP contribution is 2.19. The molecule has 2 atom stereocenters. The first-order chi connectivity index (χ1) is 11.1. The normalized spacial score (nSPS) is 19.4. The van der Waals surface area contributed by atoms with Crippen LogP contribution in [0.2, 0.25) is 0 Å². The summed E-state index contributed by atoms with van der Waals surface area (Å²) in [5.41, 5.74) is -0.575. The van der Waals surface area contributed by atoms with Crippen molar-refractivity contribution in [3.05, 3.63) is 63.5 Å². The van der Waals surface area contributed by atoms with Gasteiger partial charge in [0.1, 0.15) is 0 Å². The molecule has 2 aromatic rings. The first-order valence-electron chi connectivity index (χ1n) is 7.42. The third-order valence-electron chi connectivity index (χ3n) is 3.77. The number of benzene rings is 1. The third-order valence-corrected chi connectivity index (χ3v) is 3.77. The Labute approximate surface area is 132 Å². The summed E-state index contributed by atoms with van der Waals surface area (Å²) in [4.78, 5) is 37.6. The number of rotatable bonds is 3. The average molecular weight is 315 g/mol. The van der Waals surface area contributed by atoms with E-state index in [2.05, 4.69) is 0 Å². The molecule has 7 nitrogen and oxygen atoms in total. The number of hydrogen-bond donors (Lipinski definition) is 0. The zero-order chi connectivity index (χ0) is 16.6. The SMILES string of the molecule is CCOC(=O)[C@@H]1C=C[C@H](C)n2c(=O)n(-c3ccccc3)c(=O)n21. The van der Waals surface area contributed by atoms with Gasteiger partial charge in [-0.3, -0.25) is 0 Å². The van der Waals surface area contributed by atoms with E-state index < -0.39 is 23.4 Å². The van der Waals surface area contributed by atoms with Crippen LogP contribution in [0.3, 0.4) is 0 Å². The van der Waals surface area contributed by atoms with Gasteiger partial charge in [0.25, 0.3) is 0 Å². The van der Waals surface area contributed by atoms with Crippen molar-refractivity contribution in [2.75, 3.05) is 6.61 Å². The molecular formula is C16H17N3O4. The number of hydrogen-bond acceptors (Lipinski definition) is 4. The monoisotopic (exact) mass is 315 g/mol. The molecule has 0 unspecified atom stereocenters. The van der Waals surface area contributed by atoms with Crippen LogP contribution >= 0.6 is 0 Å². The van der Waals surface area contributed by atoms with Gasteiger partial charge in [0.15, 0.2) is 6.04 Å². The standard InChI is InChI=1S/C16H17N3O4/c1-3-23-14(20)13-10-9-11(2)18-15(21)17(16(22)19(13)18)12-7-5-4-6-8-12/h4-11,13H,3H2,1-2H3/t11-,13-/m0/s1. The molecule has 0 N–H and O–H groups in total. The maximum atomic E-state index is 12.8. The quantitative estimate of drug-likeness (QED) is 0.626. The summed E-state index contributed by atoms with van der Waals surface area (Å²) in [6, 6.07) is 7.37. The van der Waals surface area contributed by atoms with E-state index in [0.29, 0.717) is 5.69 Å². The van der Waals surface area contributed by atoms with E-state index in [1.54, 1.807) is 56.3 Å². The predicted molar refractivity (Wildman–Crippen MR) is 83.8 cm³/mol. The molecule has 120 valence electrons. The largest absolute Gasteiger partial charge is 0.464 e.